The molecule has 1 unspecified atom stereocenters. The van der Waals surface area contributed by atoms with Crippen molar-refractivity contribution in [2.75, 3.05) is 25.5 Å². The Bertz CT molecular complexity index is 227. The standard InChI is InChI=1S/C12H26NO2P/c1-2-15-16(14,10-6-9-13)11-12-7-4-3-5-8-12/h12H,2-11,13H2,1H3. The van der Waals surface area contributed by atoms with Gasteiger partial charge in [-0.2, -0.15) is 0 Å². The molecule has 0 aromatic rings. The Morgan fingerprint density at radius 2 is 2.00 bits per heavy atom. The zero-order valence-corrected chi connectivity index (χ0v) is 11.4. The lowest BCUT2D eigenvalue weighted by atomic mass is 9.91. The minimum absolute atomic E-state index is 0.564. The van der Waals surface area contributed by atoms with Crippen LogP contribution in [-0.4, -0.2) is 25.5 Å². The summed E-state index contributed by atoms with van der Waals surface area (Å²) in [6.45, 7) is 3.10. The van der Waals surface area contributed by atoms with Crippen molar-refractivity contribution in [2.24, 2.45) is 11.7 Å². The molecule has 0 spiro atoms. The molecule has 0 radical (unpaired) electrons. The molecule has 1 saturated carbocycles. The van der Waals surface area contributed by atoms with Crippen molar-refractivity contribution in [2.45, 2.75) is 45.4 Å². The Hall–Kier alpha value is 0.150. The Kier molecular flexibility index (Phi) is 6.64. The van der Waals surface area contributed by atoms with Gasteiger partial charge in [0.15, 0.2) is 0 Å². The summed E-state index contributed by atoms with van der Waals surface area (Å²) in [6, 6.07) is 0. The number of nitrogens with two attached hydrogens (primary N) is 1. The first-order valence-corrected chi connectivity index (χ1v) is 8.62. The molecule has 3 nitrogen and oxygen atoms in total. The highest BCUT2D eigenvalue weighted by atomic mass is 31.2. The molecule has 2 N–H and O–H groups in total. The molecular weight excluding hydrogens is 221 g/mol. The van der Waals surface area contributed by atoms with Gasteiger partial charge in [-0.05, 0) is 38.6 Å². The average molecular weight is 247 g/mol. The molecule has 0 saturated heterocycles. The Labute approximate surface area is 99.6 Å². The van der Waals surface area contributed by atoms with Crippen molar-refractivity contribution >= 4 is 7.37 Å². The Balaban J connectivity index is 2.44. The van der Waals surface area contributed by atoms with Crippen LogP contribution in [0.5, 0.6) is 0 Å². The molecule has 1 fully saturated rings. The number of hydrogen-bond donors (Lipinski definition) is 1. The second-order valence-corrected chi connectivity index (χ2v) is 7.48. The van der Waals surface area contributed by atoms with Crippen LogP contribution in [-0.2, 0) is 9.09 Å². The lowest BCUT2D eigenvalue weighted by molar-refractivity contribution is 0.314. The summed E-state index contributed by atoms with van der Waals surface area (Å²) in [5.41, 5.74) is 5.49. The van der Waals surface area contributed by atoms with E-state index in [1.54, 1.807) is 0 Å². The van der Waals surface area contributed by atoms with E-state index in [2.05, 4.69) is 0 Å². The van der Waals surface area contributed by atoms with Crippen molar-refractivity contribution in [3.63, 3.8) is 0 Å². The van der Waals surface area contributed by atoms with Crippen molar-refractivity contribution in [3.8, 4) is 0 Å². The van der Waals surface area contributed by atoms with E-state index in [1.807, 2.05) is 6.92 Å². The summed E-state index contributed by atoms with van der Waals surface area (Å²) in [5.74, 6) is 0.629. The molecule has 0 heterocycles. The van der Waals surface area contributed by atoms with E-state index in [4.69, 9.17) is 10.3 Å². The quantitative estimate of drug-likeness (QED) is 0.703. The largest absolute Gasteiger partial charge is 0.330 e. The van der Waals surface area contributed by atoms with Gasteiger partial charge < -0.3 is 10.3 Å². The fourth-order valence-corrected chi connectivity index (χ4v) is 5.24. The molecule has 0 bridgehead atoms. The highest BCUT2D eigenvalue weighted by Crippen LogP contribution is 2.50. The second-order valence-electron chi connectivity index (χ2n) is 4.78. The van der Waals surface area contributed by atoms with Gasteiger partial charge in [-0.15, -0.1) is 0 Å². The zero-order chi connectivity index (χ0) is 11.9. The van der Waals surface area contributed by atoms with Crippen molar-refractivity contribution in [1.29, 1.82) is 0 Å². The van der Waals surface area contributed by atoms with Crippen LogP contribution in [0.2, 0.25) is 0 Å². The van der Waals surface area contributed by atoms with Crippen LogP contribution in [0.3, 0.4) is 0 Å². The molecule has 0 aliphatic heterocycles. The molecule has 16 heavy (non-hydrogen) atoms. The van der Waals surface area contributed by atoms with Crippen LogP contribution in [0.4, 0.5) is 0 Å². The SMILES string of the molecule is CCOP(=O)(CCCN)CC1CCCCC1. The van der Waals surface area contributed by atoms with E-state index in [1.165, 1.54) is 32.1 Å². The third-order valence-corrected chi connectivity index (χ3v) is 6.13. The Morgan fingerprint density at radius 3 is 2.56 bits per heavy atom. The van der Waals surface area contributed by atoms with Gasteiger partial charge in [0.2, 0.25) is 7.37 Å². The zero-order valence-electron chi connectivity index (χ0n) is 10.5. The highest BCUT2D eigenvalue weighted by molar-refractivity contribution is 7.59. The fourth-order valence-electron chi connectivity index (χ4n) is 2.54. The van der Waals surface area contributed by atoms with E-state index in [-0.39, 0.29) is 0 Å². The van der Waals surface area contributed by atoms with Crippen molar-refractivity contribution in [3.05, 3.63) is 0 Å². The van der Waals surface area contributed by atoms with Crippen LogP contribution in [0.15, 0.2) is 0 Å². The van der Waals surface area contributed by atoms with Gasteiger partial charge in [-0.1, -0.05) is 19.3 Å². The lowest BCUT2D eigenvalue weighted by Crippen LogP contribution is -2.15. The van der Waals surface area contributed by atoms with Crippen LogP contribution in [0, 0.1) is 5.92 Å². The van der Waals surface area contributed by atoms with Gasteiger partial charge in [-0.25, -0.2) is 0 Å². The van der Waals surface area contributed by atoms with Crippen molar-refractivity contribution in [1.82, 2.24) is 0 Å². The number of rotatable bonds is 7. The van der Waals surface area contributed by atoms with Gasteiger partial charge in [0, 0.05) is 12.3 Å². The average Bonchev–Trinajstić information content (AvgIpc) is 2.28. The van der Waals surface area contributed by atoms with Crippen LogP contribution >= 0.6 is 7.37 Å². The van der Waals surface area contributed by atoms with Crippen LogP contribution in [0.25, 0.3) is 0 Å². The maximum atomic E-state index is 12.6. The predicted molar refractivity (Wildman–Crippen MR) is 69.2 cm³/mol. The second kappa shape index (κ2) is 7.47. The summed E-state index contributed by atoms with van der Waals surface area (Å²) < 4.78 is 18.1. The van der Waals surface area contributed by atoms with Gasteiger partial charge >= 0.3 is 0 Å². The number of hydrogen-bond acceptors (Lipinski definition) is 3. The van der Waals surface area contributed by atoms with Gasteiger partial charge in [-0.3, -0.25) is 4.57 Å². The molecule has 0 aromatic heterocycles. The molecule has 1 aliphatic rings. The first-order chi connectivity index (χ1) is 7.70. The summed E-state index contributed by atoms with van der Waals surface area (Å²) >= 11 is 0. The first-order valence-electron chi connectivity index (χ1n) is 6.63. The molecule has 96 valence electrons. The molecule has 1 aliphatic carbocycles. The predicted octanol–water partition coefficient (Wildman–Crippen LogP) is 3.23. The van der Waals surface area contributed by atoms with Crippen molar-refractivity contribution < 1.29 is 9.09 Å². The lowest BCUT2D eigenvalue weighted by Gasteiger charge is -2.26. The van der Waals surface area contributed by atoms with Gasteiger partial charge in [0.25, 0.3) is 0 Å². The Morgan fingerprint density at radius 1 is 1.31 bits per heavy atom. The van der Waals surface area contributed by atoms with E-state index in [0.717, 1.165) is 12.6 Å². The minimum atomic E-state index is -2.38. The third kappa shape index (κ3) is 4.99. The summed E-state index contributed by atoms with van der Waals surface area (Å²) in [4.78, 5) is 0. The molecule has 1 rings (SSSR count). The van der Waals surface area contributed by atoms with Gasteiger partial charge in [0.05, 0.1) is 6.61 Å². The summed E-state index contributed by atoms with van der Waals surface area (Å²) in [6.07, 6.45) is 8.71. The normalized spacial score (nSPS) is 21.9. The molecular formula is C12H26NO2P. The minimum Gasteiger partial charge on any atom is -0.330 e. The molecule has 1 atom stereocenters. The maximum absolute atomic E-state index is 12.6. The van der Waals surface area contributed by atoms with Gasteiger partial charge in [0.1, 0.15) is 0 Å². The monoisotopic (exact) mass is 247 g/mol. The first kappa shape index (κ1) is 14.2. The van der Waals surface area contributed by atoms with Crippen LogP contribution in [0.1, 0.15) is 45.4 Å². The van der Waals surface area contributed by atoms with E-state index < -0.39 is 7.37 Å². The van der Waals surface area contributed by atoms with Crippen LogP contribution < -0.4 is 5.73 Å². The van der Waals surface area contributed by atoms with E-state index in [9.17, 15) is 4.57 Å². The van der Waals surface area contributed by atoms with E-state index in [0.29, 0.717) is 25.2 Å². The maximum Gasteiger partial charge on any atom is 0.203 e. The third-order valence-electron chi connectivity index (χ3n) is 3.33. The van der Waals surface area contributed by atoms with E-state index >= 15 is 0 Å². The molecule has 0 amide bonds. The smallest absolute Gasteiger partial charge is 0.203 e. The topological polar surface area (TPSA) is 52.3 Å². The molecule has 4 heteroatoms. The summed E-state index contributed by atoms with van der Waals surface area (Å²) in [5, 5.41) is 0. The summed E-state index contributed by atoms with van der Waals surface area (Å²) in [7, 11) is -2.38. The fraction of sp³-hybridized carbons (Fsp3) is 1.00. The molecule has 0 aromatic carbocycles. The highest BCUT2D eigenvalue weighted by Gasteiger charge is 2.27.